The lowest BCUT2D eigenvalue weighted by Crippen LogP contribution is -2.02. The van der Waals surface area contributed by atoms with Gasteiger partial charge in [-0.1, -0.05) is 13.3 Å². The second kappa shape index (κ2) is 5.12. The molecule has 0 saturated heterocycles. The largest absolute Gasteiger partial charge is 0.506 e. The van der Waals surface area contributed by atoms with E-state index in [-0.39, 0.29) is 11.7 Å². The number of nitrogens with zero attached hydrogens (tertiary/aromatic N) is 1. The van der Waals surface area contributed by atoms with Crippen LogP contribution in [0.5, 0.6) is 11.5 Å². The van der Waals surface area contributed by atoms with E-state index < -0.39 is 0 Å². The maximum Gasteiger partial charge on any atom is 0.228 e. The summed E-state index contributed by atoms with van der Waals surface area (Å²) in [6, 6.07) is 5.37. The fraction of sp³-hybridized carbons (Fsp3) is 0.357. The van der Waals surface area contributed by atoms with Gasteiger partial charge < -0.3 is 9.84 Å². The van der Waals surface area contributed by atoms with Gasteiger partial charge in [-0.3, -0.25) is 9.36 Å². The first kappa shape index (κ1) is 12.5. The van der Waals surface area contributed by atoms with Crippen LogP contribution in [0.25, 0.3) is 10.9 Å². The molecule has 0 unspecified atom stereocenters. The first-order valence-electron chi connectivity index (χ1n) is 6.11. The first-order chi connectivity index (χ1) is 8.63. The highest BCUT2D eigenvalue weighted by Crippen LogP contribution is 2.30. The fourth-order valence-corrected chi connectivity index (χ4v) is 1.88. The lowest BCUT2D eigenvalue weighted by atomic mass is 10.2. The Morgan fingerprint density at radius 3 is 2.89 bits per heavy atom. The number of aromatic nitrogens is 1. The third-order valence-electron chi connectivity index (χ3n) is 2.86. The zero-order valence-electron chi connectivity index (χ0n) is 10.6. The summed E-state index contributed by atoms with van der Waals surface area (Å²) < 4.78 is 7.00. The molecule has 0 spiro atoms. The van der Waals surface area contributed by atoms with Crippen LogP contribution in [-0.2, 0) is 0 Å². The summed E-state index contributed by atoms with van der Waals surface area (Å²) in [4.78, 5) is 11.4. The Bertz CT molecular complexity index is 572. The Hall–Kier alpha value is -1.97. The molecule has 1 aromatic heterocycles. The summed E-state index contributed by atoms with van der Waals surface area (Å²) >= 11 is 0. The summed E-state index contributed by atoms with van der Waals surface area (Å²) in [5.41, 5.74) is 0.697. The van der Waals surface area contributed by atoms with Crippen molar-refractivity contribution in [1.82, 2.24) is 4.57 Å². The van der Waals surface area contributed by atoms with Crippen molar-refractivity contribution in [1.29, 1.82) is 0 Å². The van der Waals surface area contributed by atoms with Gasteiger partial charge in [-0.05, 0) is 24.6 Å². The summed E-state index contributed by atoms with van der Waals surface area (Å²) in [5, 5.41) is 10.4. The van der Waals surface area contributed by atoms with Crippen molar-refractivity contribution in [3.05, 3.63) is 24.4 Å². The molecule has 2 aromatic rings. The molecule has 0 amide bonds. The summed E-state index contributed by atoms with van der Waals surface area (Å²) in [6.45, 7) is 4.23. The van der Waals surface area contributed by atoms with E-state index in [1.807, 2.05) is 6.07 Å². The molecule has 0 saturated carbocycles. The lowest BCUT2D eigenvalue weighted by molar-refractivity contribution is 0.0941. The molecule has 0 radical (unpaired) electrons. The smallest absolute Gasteiger partial charge is 0.228 e. The Kier molecular flexibility index (Phi) is 3.55. The van der Waals surface area contributed by atoms with E-state index in [0.29, 0.717) is 23.3 Å². The first-order valence-corrected chi connectivity index (χ1v) is 6.11. The van der Waals surface area contributed by atoms with Crippen molar-refractivity contribution in [3.8, 4) is 11.5 Å². The normalized spacial score (nSPS) is 10.8. The van der Waals surface area contributed by atoms with E-state index in [9.17, 15) is 9.90 Å². The van der Waals surface area contributed by atoms with Crippen molar-refractivity contribution in [2.75, 3.05) is 6.61 Å². The predicted octanol–water partition coefficient (Wildman–Crippen LogP) is 3.19. The Morgan fingerprint density at radius 2 is 2.22 bits per heavy atom. The molecule has 0 aliphatic carbocycles. The minimum atomic E-state index is -0.125. The van der Waals surface area contributed by atoms with E-state index >= 15 is 0 Å². The molecular weight excluding hydrogens is 230 g/mol. The molecular formula is C14H17NO3. The van der Waals surface area contributed by atoms with E-state index in [1.165, 1.54) is 17.7 Å². The second-order valence-electron chi connectivity index (χ2n) is 4.28. The average molecular weight is 247 g/mol. The van der Waals surface area contributed by atoms with Gasteiger partial charge in [-0.15, -0.1) is 0 Å². The van der Waals surface area contributed by atoms with Gasteiger partial charge in [0.2, 0.25) is 5.91 Å². The summed E-state index contributed by atoms with van der Waals surface area (Å²) in [6.07, 6.45) is 3.51. The lowest BCUT2D eigenvalue weighted by Gasteiger charge is -2.05. The van der Waals surface area contributed by atoms with Gasteiger partial charge in [0, 0.05) is 12.3 Å². The van der Waals surface area contributed by atoms with Crippen LogP contribution in [0.1, 0.15) is 31.5 Å². The van der Waals surface area contributed by atoms with Gasteiger partial charge in [-0.2, -0.15) is 0 Å². The highest BCUT2D eigenvalue weighted by Gasteiger charge is 2.11. The van der Waals surface area contributed by atoms with Crippen molar-refractivity contribution in [2.24, 2.45) is 0 Å². The molecule has 0 aliphatic heterocycles. The Balaban J connectivity index is 2.34. The molecule has 4 heteroatoms. The number of fused-ring (bicyclic) bond motifs is 1. The third kappa shape index (κ3) is 2.32. The summed E-state index contributed by atoms with van der Waals surface area (Å²) in [7, 11) is 0. The van der Waals surface area contributed by atoms with Crippen LogP contribution in [-0.4, -0.2) is 22.2 Å². The van der Waals surface area contributed by atoms with Gasteiger partial charge in [0.25, 0.3) is 0 Å². The zero-order chi connectivity index (χ0) is 13.1. The molecule has 1 N–H and O–H groups in total. The topological polar surface area (TPSA) is 51.5 Å². The zero-order valence-corrected chi connectivity index (χ0v) is 10.6. The highest BCUT2D eigenvalue weighted by atomic mass is 16.5. The Morgan fingerprint density at radius 1 is 1.44 bits per heavy atom. The second-order valence-corrected chi connectivity index (χ2v) is 4.28. The number of ether oxygens (including phenoxy) is 1. The number of aromatic hydroxyl groups is 1. The molecule has 0 fully saturated rings. The Labute approximate surface area is 106 Å². The highest BCUT2D eigenvalue weighted by molar-refractivity contribution is 5.95. The molecule has 4 nitrogen and oxygen atoms in total. The van der Waals surface area contributed by atoms with Crippen LogP contribution in [0.2, 0.25) is 0 Å². The van der Waals surface area contributed by atoms with Crippen LogP contribution in [0.15, 0.2) is 24.4 Å². The molecule has 0 atom stereocenters. The third-order valence-corrected chi connectivity index (χ3v) is 2.86. The monoisotopic (exact) mass is 247 g/mol. The quantitative estimate of drug-likeness (QED) is 0.844. The van der Waals surface area contributed by atoms with Crippen LogP contribution in [0.4, 0.5) is 0 Å². The van der Waals surface area contributed by atoms with E-state index in [4.69, 9.17) is 4.74 Å². The number of benzene rings is 1. The minimum Gasteiger partial charge on any atom is -0.506 e. The SMILES string of the molecule is CCCCOc1ccc2c(c1)c(O)cn2C(C)=O. The van der Waals surface area contributed by atoms with Crippen LogP contribution in [0, 0.1) is 0 Å². The minimum absolute atomic E-state index is 0.0983. The maximum atomic E-state index is 11.4. The van der Waals surface area contributed by atoms with Crippen molar-refractivity contribution < 1.29 is 14.6 Å². The van der Waals surface area contributed by atoms with Gasteiger partial charge in [0.15, 0.2) is 0 Å². The van der Waals surface area contributed by atoms with E-state index in [0.717, 1.165) is 12.8 Å². The van der Waals surface area contributed by atoms with Crippen LogP contribution < -0.4 is 4.74 Å². The molecule has 18 heavy (non-hydrogen) atoms. The van der Waals surface area contributed by atoms with Gasteiger partial charge >= 0.3 is 0 Å². The maximum absolute atomic E-state index is 11.4. The molecule has 96 valence electrons. The van der Waals surface area contributed by atoms with Crippen LogP contribution in [0.3, 0.4) is 0 Å². The van der Waals surface area contributed by atoms with Gasteiger partial charge in [-0.25, -0.2) is 0 Å². The fourth-order valence-electron chi connectivity index (χ4n) is 1.88. The van der Waals surface area contributed by atoms with E-state index in [2.05, 4.69) is 6.92 Å². The number of hydrogen-bond donors (Lipinski definition) is 1. The van der Waals surface area contributed by atoms with E-state index in [1.54, 1.807) is 12.1 Å². The van der Waals surface area contributed by atoms with Crippen molar-refractivity contribution >= 4 is 16.8 Å². The van der Waals surface area contributed by atoms with Crippen molar-refractivity contribution in [2.45, 2.75) is 26.7 Å². The molecule has 2 rings (SSSR count). The molecule has 0 aliphatic rings. The predicted molar refractivity (Wildman–Crippen MR) is 70.3 cm³/mol. The number of carbonyl (C=O) groups excluding carboxylic acids is 1. The van der Waals surface area contributed by atoms with Crippen molar-refractivity contribution in [3.63, 3.8) is 0 Å². The van der Waals surface area contributed by atoms with Gasteiger partial charge in [0.1, 0.15) is 11.5 Å². The molecule has 0 bridgehead atoms. The number of rotatable bonds is 4. The number of unbranched alkanes of at least 4 members (excludes halogenated alkanes) is 1. The van der Waals surface area contributed by atoms with Crippen LogP contribution >= 0.6 is 0 Å². The molecule has 1 aromatic carbocycles. The van der Waals surface area contributed by atoms with Gasteiger partial charge in [0.05, 0.1) is 18.3 Å². The average Bonchev–Trinajstić information content (AvgIpc) is 2.67. The summed E-state index contributed by atoms with van der Waals surface area (Å²) in [5.74, 6) is 0.689. The standard InChI is InChI=1S/C14H17NO3/c1-3-4-7-18-11-5-6-13-12(8-11)14(17)9-15(13)10(2)16/h5-6,8-9,17H,3-4,7H2,1-2H3. The molecule has 1 heterocycles. The number of carbonyl (C=O) groups is 1. The number of hydrogen-bond acceptors (Lipinski definition) is 3.